The summed E-state index contributed by atoms with van der Waals surface area (Å²) < 4.78 is 13.4. The van der Waals surface area contributed by atoms with Crippen LogP contribution in [0, 0.1) is 5.82 Å². The Kier molecular flexibility index (Phi) is 4.01. The van der Waals surface area contributed by atoms with Gasteiger partial charge in [0.1, 0.15) is 5.82 Å². The van der Waals surface area contributed by atoms with Crippen LogP contribution in [0.15, 0.2) is 17.1 Å². The first-order valence-electron chi connectivity index (χ1n) is 5.43. The molecule has 0 heterocycles. The van der Waals surface area contributed by atoms with Gasteiger partial charge in [-0.05, 0) is 48.7 Å². The van der Waals surface area contributed by atoms with Crippen LogP contribution in [-0.4, -0.2) is 6.72 Å². The van der Waals surface area contributed by atoms with Gasteiger partial charge in [0.2, 0.25) is 0 Å². The number of rotatable bonds is 4. The standard InChI is InChI=1S/C13H18FN/c1-5-9(3)12-8-11(14)7-10(6-2)13(12)15-4/h7-9H,4-6H2,1-3H3. The molecule has 2 heteroatoms. The highest BCUT2D eigenvalue weighted by Gasteiger charge is 2.13. The highest BCUT2D eigenvalue weighted by Crippen LogP contribution is 2.33. The van der Waals surface area contributed by atoms with E-state index in [1.807, 2.05) is 6.92 Å². The first-order chi connectivity index (χ1) is 7.13. The van der Waals surface area contributed by atoms with E-state index in [1.54, 1.807) is 12.1 Å². The zero-order valence-electron chi connectivity index (χ0n) is 9.68. The largest absolute Gasteiger partial charge is 0.264 e. The molecule has 0 saturated heterocycles. The molecular formula is C13H18FN. The average Bonchev–Trinajstić information content (AvgIpc) is 2.26. The van der Waals surface area contributed by atoms with Crippen molar-refractivity contribution < 1.29 is 4.39 Å². The Hall–Kier alpha value is -1.18. The van der Waals surface area contributed by atoms with Crippen LogP contribution in [0.2, 0.25) is 0 Å². The van der Waals surface area contributed by atoms with Gasteiger partial charge in [0, 0.05) is 0 Å². The normalized spacial score (nSPS) is 12.5. The molecule has 1 rings (SSSR count). The van der Waals surface area contributed by atoms with Gasteiger partial charge < -0.3 is 0 Å². The van der Waals surface area contributed by atoms with E-state index in [0.29, 0.717) is 5.92 Å². The van der Waals surface area contributed by atoms with Crippen molar-refractivity contribution in [2.75, 3.05) is 0 Å². The lowest BCUT2D eigenvalue weighted by molar-refractivity contribution is 0.617. The van der Waals surface area contributed by atoms with E-state index in [9.17, 15) is 4.39 Å². The van der Waals surface area contributed by atoms with Crippen molar-refractivity contribution in [2.24, 2.45) is 4.99 Å². The molecule has 1 unspecified atom stereocenters. The molecule has 0 aliphatic carbocycles. The lowest BCUT2D eigenvalue weighted by Crippen LogP contribution is -1.97. The van der Waals surface area contributed by atoms with Gasteiger partial charge in [-0.15, -0.1) is 0 Å². The second-order valence-corrected chi connectivity index (χ2v) is 3.82. The number of halogens is 1. The Morgan fingerprint density at radius 1 is 1.40 bits per heavy atom. The lowest BCUT2D eigenvalue weighted by atomic mass is 9.93. The smallest absolute Gasteiger partial charge is 0.123 e. The van der Waals surface area contributed by atoms with Gasteiger partial charge in [-0.25, -0.2) is 4.39 Å². The lowest BCUT2D eigenvalue weighted by Gasteiger charge is -2.15. The van der Waals surface area contributed by atoms with Crippen LogP contribution in [0.1, 0.15) is 44.2 Å². The SMILES string of the molecule is C=Nc1c(CC)cc(F)cc1C(C)CC. The third-order valence-corrected chi connectivity index (χ3v) is 2.87. The highest BCUT2D eigenvalue weighted by atomic mass is 19.1. The van der Waals surface area contributed by atoms with E-state index in [1.165, 1.54) is 0 Å². The maximum Gasteiger partial charge on any atom is 0.123 e. The number of nitrogens with zero attached hydrogens (tertiary/aromatic N) is 1. The summed E-state index contributed by atoms with van der Waals surface area (Å²) in [5, 5.41) is 0. The van der Waals surface area contributed by atoms with E-state index in [-0.39, 0.29) is 5.82 Å². The van der Waals surface area contributed by atoms with E-state index in [2.05, 4.69) is 25.6 Å². The van der Waals surface area contributed by atoms with Gasteiger partial charge in [-0.3, -0.25) is 4.99 Å². The molecule has 0 fully saturated rings. The topological polar surface area (TPSA) is 12.4 Å². The van der Waals surface area contributed by atoms with Crippen molar-refractivity contribution in [1.29, 1.82) is 0 Å². The molecular weight excluding hydrogens is 189 g/mol. The van der Waals surface area contributed by atoms with Gasteiger partial charge >= 0.3 is 0 Å². The highest BCUT2D eigenvalue weighted by molar-refractivity contribution is 5.58. The van der Waals surface area contributed by atoms with Crippen LogP contribution in [0.25, 0.3) is 0 Å². The molecule has 0 aliphatic heterocycles. The summed E-state index contributed by atoms with van der Waals surface area (Å²) in [7, 11) is 0. The quantitative estimate of drug-likeness (QED) is 0.655. The van der Waals surface area contributed by atoms with Crippen molar-refractivity contribution in [1.82, 2.24) is 0 Å². The monoisotopic (exact) mass is 207 g/mol. The first kappa shape index (κ1) is 11.9. The van der Waals surface area contributed by atoms with Gasteiger partial charge in [-0.1, -0.05) is 20.8 Å². The van der Waals surface area contributed by atoms with Gasteiger partial charge in [-0.2, -0.15) is 0 Å². The number of benzene rings is 1. The zero-order chi connectivity index (χ0) is 11.4. The summed E-state index contributed by atoms with van der Waals surface area (Å²) in [5.74, 6) is 0.154. The van der Waals surface area contributed by atoms with Crippen LogP contribution >= 0.6 is 0 Å². The fraction of sp³-hybridized carbons (Fsp3) is 0.462. The Bertz CT molecular complexity index is 358. The van der Waals surface area contributed by atoms with Crippen LogP contribution < -0.4 is 0 Å². The Balaban J connectivity index is 3.34. The first-order valence-corrected chi connectivity index (χ1v) is 5.43. The second-order valence-electron chi connectivity index (χ2n) is 3.82. The number of aryl methyl sites for hydroxylation is 1. The fourth-order valence-electron chi connectivity index (χ4n) is 1.74. The minimum Gasteiger partial charge on any atom is -0.264 e. The molecule has 0 bridgehead atoms. The Morgan fingerprint density at radius 2 is 2.07 bits per heavy atom. The van der Waals surface area contributed by atoms with Crippen LogP contribution in [0.3, 0.4) is 0 Å². The van der Waals surface area contributed by atoms with Gasteiger partial charge in [0.25, 0.3) is 0 Å². The van der Waals surface area contributed by atoms with Crippen molar-refractivity contribution in [2.45, 2.75) is 39.5 Å². The van der Waals surface area contributed by atoms with Crippen LogP contribution in [0.4, 0.5) is 10.1 Å². The second kappa shape index (κ2) is 5.06. The zero-order valence-corrected chi connectivity index (χ0v) is 9.68. The van der Waals surface area contributed by atoms with E-state index in [0.717, 1.165) is 29.7 Å². The third-order valence-electron chi connectivity index (χ3n) is 2.87. The Labute approximate surface area is 91.0 Å². The van der Waals surface area contributed by atoms with Crippen LogP contribution in [0.5, 0.6) is 0 Å². The predicted molar refractivity (Wildman–Crippen MR) is 63.7 cm³/mol. The van der Waals surface area contributed by atoms with Crippen molar-refractivity contribution in [3.63, 3.8) is 0 Å². The Morgan fingerprint density at radius 3 is 2.53 bits per heavy atom. The molecule has 0 saturated carbocycles. The number of aliphatic imine (C=N–C) groups is 1. The van der Waals surface area contributed by atoms with Gasteiger partial charge in [0.05, 0.1) is 5.69 Å². The number of hydrogen-bond donors (Lipinski definition) is 0. The molecule has 1 nitrogen and oxygen atoms in total. The minimum absolute atomic E-state index is 0.172. The molecule has 0 aliphatic rings. The van der Waals surface area contributed by atoms with E-state index < -0.39 is 0 Å². The van der Waals surface area contributed by atoms with Crippen molar-refractivity contribution in [3.8, 4) is 0 Å². The van der Waals surface area contributed by atoms with Crippen LogP contribution in [-0.2, 0) is 6.42 Å². The molecule has 0 radical (unpaired) electrons. The molecule has 0 aromatic heterocycles. The summed E-state index contributed by atoms with van der Waals surface area (Å²) in [6.45, 7) is 9.76. The summed E-state index contributed by atoms with van der Waals surface area (Å²) in [5.41, 5.74) is 2.79. The fourth-order valence-corrected chi connectivity index (χ4v) is 1.74. The molecule has 0 amide bonds. The van der Waals surface area contributed by atoms with E-state index >= 15 is 0 Å². The predicted octanol–water partition coefficient (Wildman–Crippen LogP) is 4.23. The molecule has 1 aromatic rings. The maximum absolute atomic E-state index is 13.4. The molecule has 15 heavy (non-hydrogen) atoms. The molecule has 1 atom stereocenters. The minimum atomic E-state index is -0.172. The summed E-state index contributed by atoms with van der Waals surface area (Å²) in [6.07, 6.45) is 1.77. The molecule has 1 aromatic carbocycles. The van der Waals surface area contributed by atoms with Gasteiger partial charge in [0.15, 0.2) is 0 Å². The van der Waals surface area contributed by atoms with Crippen molar-refractivity contribution >= 4 is 12.4 Å². The third kappa shape index (κ3) is 2.44. The summed E-state index contributed by atoms with van der Waals surface area (Å²) in [6, 6.07) is 3.13. The summed E-state index contributed by atoms with van der Waals surface area (Å²) >= 11 is 0. The van der Waals surface area contributed by atoms with Crippen molar-refractivity contribution in [3.05, 3.63) is 29.1 Å². The molecule has 82 valence electrons. The summed E-state index contributed by atoms with van der Waals surface area (Å²) in [4.78, 5) is 4.03. The molecule has 0 N–H and O–H groups in total. The average molecular weight is 207 g/mol. The maximum atomic E-state index is 13.4. The van der Waals surface area contributed by atoms with E-state index in [4.69, 9.17) is 0 Å². The molecule has 0 spiro atoms. The number of hydrogen-bond acceptors (Lipinski definition) is 1.